The fourth-order valence-electron chi connectivity index (χ4n) is 3.54. The summed E-state index contributed by atoms with van der Waals surface area (Å²) < 4.78 is 0. The molecule has 1 aliphatic rings. The van der Waals surface area contributed by atoms with Gasteiger partial charge in [-0.15, -0.1) is 0 Å². The Bertz CT molecular complexity index is 625. The molecule has 23 heavy (non-hydrogen) atoms. The van der Waals surface area contributed by atoms with Crippen LogP contribution >= 0.6 is 0 Å². The predicted molar refractivity (Wildman–Crippen MR) is 95.9 cm³/mol. The zero-order valence-electron chi connectivity index (χ0n) is 14.5. The fraction of sp³-hybridized carbons (Fsp3) is 0.524. The maximum atomic E-state index is 4.91. The average molecular weight is 308 g/mol. The normalized spacial score (nSPS) is 15.2. The standard InChI is InChI=1S/C21H28N2/c1-3-7-16-10-12-17(13-11-16)14-20-15-19(4-2)22-21(23-20)18-8-5-6-9-18/h10-13,15,18H,3-9,14H2,1-2H3. The van der Waals surface area contributed by atoms with Crippen LogP contribution < -0.4 is 0 Å². The Morgan fingerprint density at radius 2 is 1.57 bits per heavy atom. The summed E-state index contributed by atoms with van der Waals surface area (Å²) in [6.45, 7) is 4.41. The number of benzene rings is 1. The van der Waals surface area contributed by atoms with Crippen molar-refractivity contribution in [2.24, 2.45) is 0 Å². The monoisotopic (exact) mass is 308 g/mol. The topological polar surface area (TPSA) is 25.8 Å². The lowest BCUT2D eigenvalue weighted by atomic mass is 10.0. The van der Waals surface area contributed by atoms with Crippen LogP contribution in [0.1, 0.15) is 80.2 Å². The molecule has 0 amide bonds. The predicted octanol–water partition coefficient (Wildman–Crippen LogP) is 5.24. The molecule has 0 N–H and O–H groups in total. The van der Waals surface area contributed by atoms with Crippen molar-refractivity contribution in [3.05, 3.63) is 58.7 Å². The van der Waals surface area contributed by atoms with Gasteiger partial charge in [-0.05, 0) is 42.9 Å². The minimum Gasteiger partial charge on any atom is -0.238 e. The van der Waals surface area contributed by atoms with E-state index in [-0.39, 0.29) is 0 Å². The largest absolute Gasteiger partial charge is 0.238 e. The van der Waals surface area contributed by atoms with Crippen LogP contribution in [-0.4, -0.2) is 9.97 Å². The van der Waals surface area contributed by atoms with Crippen LogP contribution in [0.2, 0.25) is 0 Å². The van der Waals surface area contributed by atoms with Crippen LogP contribution in [0.4, 0.5) is 0 Å². The summed E-state index contributed by atoms with van der Waals surface area (Å²) in [6.07, 6.45) is 9.47. The first-order valence-corrected chi connectivity index (χ1v) is 9.23. The number of hydrogen-bond donors (Lipinski definition) is 0. The van der Waals surface area contributed by atoms with E-state index in [1.807, 2.05) is 0 Å². The lowest BCUT2D eigenvalue weighted by Gasteiger charge is -2.12. The van der Waals surface area contributed by atoms with Gasteiger partial charge >= 0.3 is 0 Å². The minimum absolute atomic E-state index is 0.590. The SMILES string of the molecule is CCCc1ccc(Cc2cc(CC)nc(C3CCCC3)n2)cc1. The summed E-state index contributed by atoms with van der Waals surface area (Å²) in [7, 11) is 0. The Kier molecular flexibility index (Phi) is 5.43. The molecule has 0 unspecified atom stereocenters. The van der Waals surface area contributed by atoms with Crippen LogP contribution in [0.3, 0.4) is 0 Å². The van der Waals surface area contributed by atoms with Gasteiger partial charge < -0.3 is 0 Å². The van der Waals surface area contributed by atoms with E-state index in [0.717, 1.165) is 18.7 Å². The highest BCUT2D eigenvalue weighted by Crippen LogP contribution is 2.32. The highest BCUT2D eigenvalue weighted by molar-refractivity contribution is 5.27. The van der Waals surface area contributed by atoms with Gasteiger partial charge in [-0.2, -0.15) is 0 Å². The second-order valence-corrected chi connectivity index (χ2v) is 6.79. The van der Waals surface area contributed by atoms with Gasteiger partial charge in [0.25, 0.3) is 0 Å². The molecule has 1 saturated carbocycles. The van der Waals surface area contributed by atoms with E-state index in [0.29, 0.717) is 5.92 Å². The van der Waals surface area contributed by atoms with Crippen molar-refractivity contribution in [3.8, 4) is 0 Å². The lowest BCUT2D eigenvalue weighted by molar-refractivity contribution is 0.654. The van der Waals surface area contributed by atoms with Gasteiger partial charge in [-0.25, -0.2) is 9.97 Å². The highest BCUT2D eigenvalue weighted by atomic mass is 14.9. The van der Waals surface area contributed by atoms with Crippen molar-refractivity contribution < 1.29 is 0 Å². The summed E-state index contributed by atoms with van der Waals surface area (Å²) in [5.41, 5.74) is 5.16. The summed E-state index contributed by atoms with van der Waals surface area (Å²) in [5, 5.41) is 0. The summed E-state index contributed by atoms with van der Waals surface area (Å²) in [6, 6.07) is 11.2. The third-order valence-corrected chi connectivity index (χ3v) is 4.88. The second-order valence-electron chi connectivity index (χ2n) is 6.79. The van der Waals surface area contributed by atoms with Gasteiger partial charge in [-0.3, -0.25) is 0 Å². The molecule has 0 radical (unpaired) electrons. The van der Waals surface area contributed by atoms with Gasteiger partial charge in [0.1, 0.15) is 5.82 Å². The Hall–Kier alpha value is -1.70. The third kappa shape index (κ3) is 4.19. The van der Waals surface area contributed by atoms with E-state index < -0.39 is 0 Å². The Balaban J connectivity index is 1.79. The summed E-state index contributed by atoms with van der Waals surface area (Å²) in [5.74, 6) is 1.69. The number of aromatic nitrogens is 2. The molecule has 1 aromatic carbocycles. The van der Waals surface area contributed by atoms with Crippen LogP contribution in [0.5, 0.6) is 0 Å². The van der Waals surface area contributed by atoms with E-state index >= 15 is 0 Å². The summed E-state index contributed by atoms with van der Waals surface area (Å²) >= 11 is 0. The van der Waals surface area contributed by atoms with E-state index in [4.69, 9.17) is 9.97 Å². The minimum atomic E-state index is 0.590. The van der Waals surface area contributed by atoms with E-state index in [1.54, 1.807) is 0 Å². The quantitative estimate of drug-likeness (QED) is 0.729. The first kappa shape index (κ1) is 16.2. The molecule has 2 nitrogen and oxygen atoms in total. The van der Waals surface area contributed by atoms with Gasteiger partial charge in [0, 0.05) is 23.7 Å². The van der Waals surface area contributed by atoms with Gasteiger partial charge in [0.2, 0.25) is 0 Å². The molecule has 2 heteroatoms. The molecule has 0 saturated heterocycles. The van der Waals surface area contributed by atoms with E-state index in [2.05, 4.69) is 44.2 Å². The second kappa shape index (κ2) is 7.72. The first-order valence-electron chi connectivity index (χ1n) is 9.23. The number of nitrogens with zero attached hydrogens (tertiary/aromatic N) is 2. The third-order valence-electron chi connectivity index (χ3n) is 4.88. The van der Waals surface area contributed by atoms with E-state index in [9.17, 15) is 0 Å². The molecular weight excluding hydrogens is 280 g/mol. The maximum Gasteiger partial charge on any atom is 0.131 e. The van der Waals surface area contributed by atoms with Crippen LogP contribution in [0.25, 0.3) is 0 Å². The maximum absolute atomic E-state index is 4.91. The Morgan fingerprint density at radius 3 is 2.22 bits per heavy atom. The van der Waals surface area contributed by atoms with Crippen LogP contribution in [-0.2, 0) is 19.3 Å². The van der Waals surface area contributed by atoms with Crippen LogP contribution in [0, 0.1) is 0 Å². The number of rotatable bonds is 6. The molecular formula is C21H28N2. The Morgan fingerprint density at radius 1 is 0.913 bits per heavy atom. The Labute approximate surface area is 140 Å². The average Bonchev–Trinajstić information content (AvgIpc) is 3.11. The molecule has 1 heterocycles. The van der Waals surface area contributed by atoms with Crippen molar-refractivity contribution in [1.29, 1.82) is 0 Å². The van der Waals surface area contributed by atoms with Crippen molar-refractivity contribution in [1.82, 2.24) is 9.97 Å². The molecule has 1 aromatic heterocycles. The van der Waals surface area contributed by atoms with Crippen molar-refractivity contribution in [3.63, 3.8) is 0 Å². The molecule has 0 spiro atoms. The number of aryl methyl sites for hydroxylation is 2. The molecule has 0 atom stereocenters. The molecule has 0 aliphatic heterocycles. The highest BCUT2D eigenvalue weighted by Gasteiger charge is 2.20. The first-order chi connectivity index (χ1) is 11.3. The zero-order chi connectivity index (χ0) is 16.1. The number of hydrogen-bond acceptors (Lipinski definition) is 2. The van der Waals surface area contributed by atoms with Gasteiger partial charge in [0.15, 0.2) is 0 Å². The van der Waals surface area contributed by atoms with Crippen LogP contribution in [0.15, 0.2) is 30.3 Å². The molecule has 1 fully saturated rings. The van der Waals surface area contributed by atoms with Crippen molar-refractivity contribution in [2.75, 3.05) is 0 Å². The van der Waals surface area contributed by atoms with Crippen molar-refractivity contribution >= 4 is 0 Å². The fourth-order valence-corrected chi connectivity index (χ4v) is 3.54. The van der Waals surface area contributed by atoms with Gasteiger partial charge in [-0.1, -0.05) is 57.4 Å². The molecule has 3 rings (SSSR count). The van der Waals surface area contributed by atoms with Gasteiger partial charge in [0.05, 0.1) is 0 Å². The lowest BCUT2D eigenvalue weighted by Crippen LogP contribution is -2.07. The smallest absolute Gasteiger partial charge is 0.131 e. The molecule has 0 bridgehead atoms. The molecule has 122 valence electrons. The summed E-state index contributed by atoms with van der Waals surface area (Å²) in [4.78, 5) is 9.71. The van der Waals surface area contributed by atoms with E-state index in [1.165, 1.54) is 61.0 Å². The molecule has 2 aromatic rings. The molecule has 1 aliphatic carbocycles. The van der Waals surface area contributed by atoms with Crippen molar-refractivity contribution in [2.45, 2.75) is 71.1 Å². The zero-order valence-corrected chi connectivity index (χ0v) is 14.5.